The van der Waals surface area contributed by atoms with E-state index in [1.165, 1.54) is 0 Å². The van der Waals surface area contributed by atoms with Crippen molar-refractivity contribution in [2.24, 2.45) is 0 Å². The highest BCUT2D eigenvalue weighted by molar-refractivity contribution is 6.06. The van der Waals surface area contributed by atoms with Crippen LogP contribution in [0.15, 0.2) is 59.0 Å². The molecule has 1 amide bonds. The van der Waals surface area contributed by atoms with Crippen LogP contribution in [0.5, 0.6) is 5.75 Å². The van der Waals surface area contributed by atoms with Crippen LogP contribution in [-0.4, -0.2) is 16.1 Å². The van der Waals surface area contributed by atoms with Crippen LogP contribution in [0.1, 0.15) is 22.1 Å². The first-order valence-corrected chi connectivity index (χ1v) is 7.09. The number of rotatable bonds is 5. The summed E-state index contributed by atoms with van der Waals surface area (Å²) < 4.78 is 10.9. The van der Waals surface area contributed by atoms with Gasteiger partial charge in [0.2, 0.25) is 5.89 Å². The number of hydrogen-bond donors (Lipinski definition) is 1. The SMILES string of the molecule is Cc1nnc(COc2ccccc2C(=O)Nc2ccccc2)o1. The molecule has 3 rings (SSSR count). The molecule has 1 aromatic heterocycles. The van der Waals surface area contributed by atoms with Crippen LogP contribution in [0.2, 0.25) is 0 Å². The molecule has 2 aromatic carbocycles. The minimum atomic E-state index is -0.242. The fourth-order valence-corrected chi connectivity index (χ4v) is 2.04. The summed E-state index contributed by atoms with van der Waals surface area (Å²) in [5, 5.41) is 10.4. The molecule has 0 bridgehead atoms. The van der Waals surface area contributed by atoms with Gasteiger partial charge in [-0.3, -0.25) is 4.79 Å². The minimum Gasteiger partial charge on any atom is -0.483 e. The summed E-state index contributed by atoms with van der Waals surface area (Å²) in [4.78, 5) is 12.4. The van der Waals surface area contributed by atoms with Gasteiger partial charge in [0.05, 0.1) is 5.56 Å². The number of aryl methyl sites for hydroxylation is 1. The number of nitrogens with zero attached hydrogens (tertiary/aromatic N) is 2. The van der Waals surface area contributed by atoms with Crippen molar-refractivity contribution in [1.82, 2.24) is 10.2 Å². The quantitative estimate of drug-likeness (QED) is 0.783. The summed E-state index contributed by atoms with van der Waals surface area (Å²) >= 11 is 0. The van der Waals surface area contributed by atoms with Gasteiger partial charge in [-0.15, -0.1) is 10.2 Å². The van der Waals surface area contributed by atoms with E-state index in [-0.39, 0.29) is 12.5 Å². The molecule has 23 heavy (non-hydrogen) atoms. The number of aromatic nitrogens is 2. The minimum absolute atomic E-state index is 0.108. The zero-order valence-electron chi connectivity index (χ0n) is 12.5. The molecular weight excluding hydrogens is 294 g/mol. The predicted octanol–water partition coefficient (Wildman–Crippen LogP) is 3.21. The number of carbonyl (C=O) groups excluding carboxylic acids is 1. The number of benzene rings is 2. The Bertz CT molecular complexity index is 800. The maximum atomic E-state index is 12.4. The van der Waals surface area contributed by atoms with Gasteiger partial charge in [0.25, 0.3) is 11.8 Å². The van der Waals surface area contributed by atoms with Gasteiger partial charge < -0.3 is 14.5 Å². The number of carbonyl (C=O) groups is 1. The van der Waals surface area contributed by atoms with E-state index in [0.29, 0.717) is 23.1 Å². The Balaban J connectivity index is 1.73. The van der Waals surface area contributed by atoms with Crippen molar-refractivity contribution in [3.05, 3.63) is 71.9 Å². The summed E-state index contributed by atoms with van der Waals surface area (Å²) in [7, 11) is 0. The molecule has 0 aliphatic rings. The zero-order chi connectivity index (χ0) is 16.1. The lowest BCUT2D eigenvalue weighted by molar-refractivity contribution is 0.102. The summed E-state index contributed by atoms with van der Waals surface area (Å²) in [5.74, 6) is 1.05. The summed E-state index contributed by atoms with van der Waals surface area (Å²) in [6.45, 7) is 1.81. The molecule has 0 fully saturated rings. The topological polar surface area (TPSA) is 77.2 Å². The molecule has 0 saturated heterocycles. The van der Waals surface area contributed by atoms with E-state index >= 15 is 0 Å². The first-order chi connectivity index (χ1) is 11.2. The van der Waals surface area contributed by atoms with Gasteiger partial charge in [-0.2, -0.15) is 0 Å². The van der Waals surface area contributed by atoms with E-state index < -0.39 is 0 Å². The fourth-order valence-electron chi connectivity index (χ4n) is 2.04. The van der Waals surface area contributed by atoms with Gasteiger partial charge >= 0.3 is 0 Å². The second-order valence-corrected chi connectivity index (χ2v) is 4.82. The highest BCUT2D eigenvalue weighted by Gasteiger charge is 2.13. The van der Waals surface area contributed by atoms with Gasteiger partial charge in [-0.1, -0.05) is 30.3 Å². The fraction of sp³-hybridized carbons (Fsp3) is 0.118. The highest BCUT2D eigenvalue weighted by atomic mass is 16.5. The van der Waals surface area contributed by atoms with Crippen LogP contribution in [0.3, 0.4) is 0 Å². The van der Waals surface area contributed by atoms with Crippen molar-refractivity contribution >= 4 is 11.6 Å². The van der Waals surface area contributed by atoms with E-state index in [1.807, 2.05) is 30.3 Å². The van der Waals surface area contributed by atoms with E-state index in [0.717, 1.165) is 5.69 Å². The standard InChI is InChI=1S/C17H15N3O3/c1-12-19-20-16(23-12)11-22-15-10-6-5-9-14(15)17(21)18-13-7-3-2-4-8-13/h2-10H,11H2,1H3,(H,18,21). The zero-order valence-corrected chi connectivity index (χ0v) is 12.5. The van der Waals surface area contributed by atoms with Gasteiger partial charge in [-0.25, -0.2) is 0 Å². The third kappa shape index (κ3) is 3.74. The molecule has 0 aliphatic heterocycles. The lowest BCUT2D eigenvalue weighted by Crippen LogP contribution is -2.13. The van der Waals surface area contributed by atoms with Crippen molar-refractivity contribution in [3.63, 3.8) is 0 Å². The van der Waals surface area contributed by atoms with Gasteiger partial charge in [-0.05, 0) is 24.3 Å². The van der Waals surface area contributed by atoms with Gasteiger partial charge in [0.15, 0.2) is 6.61 Å². The van der Waals surface area contributed by atoms with E-state index in [9.17, 15) is 4.79 Å². The molecule has 0 aliphatic carbocycles. The summed E-state index contributed by atoms with van der Waals surface area (Å²) in [5.41, 5.74) is 1.16. The van der Waals surface area contributed by atoms with E-state index in [4.69, 9.17) is 9.15 Å². The Labute approximate surface area is 133 Å². The molecular formula is C17H15N3O3. The second kappa shape index (κ2) is 6.74. The third-order valence-corrected chi connectivity index (χ3v) is 3.08. The predicted molar refractivity (Wildman–Crippen MR) is 84.2 cm³/mol. The average molecular weight is 309 g/mol. The maximum Gasteiger partial charge on any atom is 0.259 e. The van der Waals surface area contributed by atoms with Crippen LogP contribution < -0.4 is 10.1 Å². The Hall–Kier alpha value is -3.15. The monoisotopic (exact) mass is 309 g/mol. The molecule has 6 nitrogen and oxygen atoms in total. The Morgan fingerprint density at radius 1 is 1.09 bits per heavy atom. The Kier molecular flexibility index (Phi) is 4.33. The van der Waals surface area contributed by atoms with Crippen molar-refractivity contribution in [2.45, 2.75) is 13.5 Å². The van der Waals surface area contributed by atoms with Crippen LogP contribution in [0, 0.1) is 6.92 Å². The number of amides is 1. The molecule has 6 heteroatoms. The first-order valence-electron chi connectivity index (χ1n) is 7.09. The van der Waals surface area contributed by atoms with Gasteiger partial charge in [0.1, 0.15) is 5.75 Å². The van der Waals surface area contributed by atoms with Crippen molar-refractivity contribution in [3.8, 4) is 5.75 Å². The molecule has 0 atom stereocenters. The van der Waals surface area contributed by atoms with Crippen LogP contribution in [0.25, 0.3) is 0 Å². The Morgan fingerprint density at radius 3 is 2.57 bits per heavy atom. The third-order valence-electron chi connectivity index (χ3n) is 3.08. The van der Waals surface area contributed by atoms with E-state index in [1.54, 1.807) is 31.2 Å². The highest BCUT2D eigenvalue weighted by Crippen LogP contribution is 2.20. The number of ether oxygens (including phenoxy) is 1. The smallest absolute Gasteiger partial charge is 0.259 e. The maximum absolute atomic E-state index is 12.4. The first kappa shape index (κ1) is 14.8. The second-order valence-electron chi connectivity index (χ2n) is 4.82. The molecule has 0 radical (unpaired) electrons. The lowest BCUT2D eigenvalue weighted by Gasteiger charge is -2.10. The van der Waals surface area contributed by atoms with E-state index in [2.05, 4.69) is 15.5 Å². The van der Waals surface area contributed by atoms with Crippen molar-refractivity contribution < 1.29 is 13.9 Å². The van der Waals surface area contributed by atoms with Gasteiger partial charge in [0, 0.05) is 12.6 Å². The summed E-state index contributed by atoms with van der Waals surface area (Å²) in [6.07, 6.45) is 0. The molecule has 0 unspecified atom stereocenters. The number of para-hydroxylation sites is 2. The molecule has 3 aromatic rings. The summed E-state index contributed by atoms with van der Waals surface area (Å²) in [6, 6.07) is 16.3. The molecule has 1 heterocycles. The number of hydrogen-bond acceptors (Lipinski definition) is 5. The number of anilines is 1. The Morgan fingerprint density at radius 2 is 1.83 bits per heavy atom. The van der Waals surface area contributed by atoms with Crippen molar-refractivity contribution in [1.29, 1.82) is 0 Å². The lowest BCUT2D eigenvalue weighted by atomic mass is 10.2. The van der Waals surface area contributed by atoms with Crippen LogP contribution in [-0.2, 0) is 6.61 Å². The number of nitrogens with one attached hydrogen (secondary N) is 1. The largest absolute Gasteiger partial charge is 0.483 e. The molecule has 0 saturated carbocycles. The van der Waals surface area contributed by atoms with Crippen molar-refractivity contribution in [2.75, 3.05) is 5.32 Å². The molecule has 1 N–H and O–H groups in total. The van der Waals surface area contributed by atoms with Crippen LogP contribution in [0.4, 0.5) is 5.69 Å². The average Bonchev–Trinajstić information content (AvgIpc) is 2.99. The normalized spacial score (nSPS) is 10.3. The molecule has 116 valence electrons. The molecule has 0 spiro atoms. The van der Waals surface area contributed by atoms with Crippen LogP contribution >= 0.6 is 0 Å².